The van der Waals surface area contributed by atoms with E-state index in [0.29, 0.717) is 16.8 Å². The van der Waals surface area contributed by atoms with E-state index in [1.165, 1.54) is 31.0 Å². The number of piperidine rings is 1. The minimum absolute atomic E-state index is 0.0901. The summed E-state index contributed by atoms with van der Waals surface area (Å²) in [6.45, 7) is 2.68. The highest BCUT2D eigenvalue weighted by Crippen LogP contribution is 2.24. The highest BCUT2D eigenvalue weighted by Gasteiger charge is 2.23. The summed E-state index contributed by atoms with van der Waals surface area (Å²) in [5.41, 5.74) is 3.97. The number of likely N-dealkylation sites (tertiary alicyclic amines) is 1. The third-order valence-electron chi connectivity index (χ3n) is 6.86. The van der Waals surface area contributed by atoms with Crippen LogP contribution in [-0.2, 0) is 22.6 Å². The monoisotopic (exact) mass is 500 g/mol. The van der Waals surface area contributed by atoms with Gasteiger partial charge in [0.2, 0.25) is 0 Å². The Labute approximate surface area is 214 Å². The van der Waals surface area contributed by atoms with Gasteiger partial charge in [-0.05, 0) is 48.7 Å². The topological polar surface area (TPSA) is 76.5 Å². The van der Waals surface area contributed by atoms with Crippen molar-refractivity contribution in [2.75, 3.05) is 20.2 Å². The van der Waals surface area contributed by atoms with Gasteiger partial charge in [-0.15, -0.1) is 0 Å². The van der Waals surface area contributed by atoms with Crippen molar-refractivity contribution in [1.29, 1.82) is 0 Å². The number of benzene rings is 2. The molecule has 4 aromatic rings. The number of esters is 1. The molecule has 7 nitrogen and oxygen atoms in total. The van der Waals surface area contributed by atoms with Crippen LogP contribution in [0.25, 0.3) is 22.2 Å². The minimum Gasteiger partial charge on any atom is -0.468 e. The molecule has 1 fully saturated rings. The fourth-order valence-electron chi connectivity index (χ4n) is 4.88. The molecule has 0 spiro atoms. The summed E-state index contributed by atoms with van der Waals surface area (Å²) in [5.74, 6) is -0.746. The summed E-state index contributed by atoms with van der Waals surface area (Å²) in [7, 11) is 1.40. The predicted molar refractivity (Wildman–Crippen MR) is 139 cm³/mol. The molecular weight excluding hydrogens is 471 g/mol. The number of pyridine rings is 1. The van der Waals surface area contributed by atoms with Crippen LogP contribution in [0, 0.1) is 5.82 Å². The maximum atomic E-state index is 13.5. The molecule has 37 heavy (non-hydrogen) atoms. The van der Waals surface area contributed by atoms with Gasteiger partial charge < -0.3 is 14.6 Å². The lowest BCUT2D eigenvalue weighted by Gasteiger charge is -2.32. The van der Waals surface area contributed by atoms with Crippen LogP contribution in [-0.4, -0.2) is 52.6 Å². The van der Waals surface area contributed by atoms with Crippen molar-refractivity contribution >= 4 is 22.8 Å². The first-order valence-corrected chi connectivity index (χ1v) is 12.4. The number of nitrogens with one attached hydrogen (secondary N) is 1. The van der Waals surface area contributed by atoms with Crippen molar-refractivity contribution in [2.45, 2.75) is 32.0 Å². The normalized spacial score (nSPS) is 14.5. The number of methoxy groups -OCH3 is 1. The predicted octanol–water partition coefficient (Wildman–Crippen LogP) is 4.41. The van der Waals surface area contributed by atoms with E-state index >= 15 is 0 Å². The number of hydrogen-bond acceptors (Lipinski definition) is 5. The van der Waals surface area contributed by atoms with Crippen molar-refractivity contribution in [3.63, 3.8) is 0 Å². The number of para-hydroxylation sites is 1. The molecule has 2 aromatic carbocycles. The molecule has 0 saturated carbocycles. The fourth-order valence-corrected chi connectivity index (χ4v) is 4.88. The summed E-state index contributed by atoms with van der Waals surface area (Å²) in [6, 6.07) is 17.9. The van der Waals surface area contributed by atoms with Gasteiger partial charge in [0.25, 0.3) is 5.91 Å². The van der Waals surface area contributed by atoms with Crippen LogP contribution in [0.4, 0.5) is 4.39 Å². The van der Waals surface area contributed by atoms with Gasteiger partial charge in [0.15, 0.2) is 0 Å². The molecule has 1 saturated heterocycles. The maximum absolute atomic E-state index is 13.5. The lowest BCUT2D eigenvalue weighted by Crippen LogP contribution is -2.44. The Bertz CT molecular complexity index is 1410. The van der Waals surface area contributed by atoms with Crippen LogP contribution in [0.5, 0.6) is 0 Å². The number of amides is 1. The number of aromatic nitrogens is 2. The van der Waals surface area contributed by atoms with Crippen LogP contribution in [0.3, 0.4) is 0 Å². The number of halogens is 1. The second-order valence-corrected chi connectivity index (χ2v) is 9.34. The van der Waals surface area contributed by atoms with E-state index in [-0.39, 0.29) is 30.3 Å². The molecule has 0 aliphatic carbocycles. The van der Waals surface area contributed by atoms with Crippen molar-refractivity contribution in [3.05, 3.63) is 90.0 Å². The highest BCUT2D eigenvalue weighted by molar-refractivity contribution is 5.94. The molecule has 0 unspecified atom stereocenters. The maximum Gasteiger partial charge on any atom is 0.325 e. The molecule has 3 heterocycles. The molecule has 5 rings (SSSR count). The number of hydrogen-bond donors (Lipinski definition) is 1. The molecule has 190 valence electrons. The van der Waals surface area contributed by atoms with Gasteiger partial charge in [0, 0.05) is 54.5 Å². The third-order valence-corrected chi connectivity index (χ3v) is 6.86. The lowest BCUT2D eigenvalue weighted by atomic mass is 10.0. The Kier molecular flexibility index (Phi) is 7.28. The quantitative estimate of drug-likeness (QED) is 0.381. The van der Waals surface area contributed by atoms with Crippen molar-refractivity contribution in [3.8, 4) is 11.3 Å². The molecule has 1 amide bonds. The number of ether oxygens (including phenoxy) is 1. The zero-order valence-electron chi connectivity index (χ0n) is 20.7. The molecule has 1 aliphatic heterocycles. The minimum atomic E-state index is -0.320. The standard InChI is InChI=1S/C29H29FN4O3/c1-37-28(35)19-34-18-22(25-7-2-3-8-27(25)34)17-33-13-11-24(12-14-33)32-29(36)21-9-10-26(31-16-21)20-5-4-6-23(30)15-20/h2-10,15-16,18,24H,11-14,17,19H2,1H3,(H,32,36). The Morgan fingerprint density at radius 2 is 1.89 bits per heavy atom. The Balaban J connectivity index is 1.17. The van der Waals surface area contributed by atoms with Crippen LogP contribution < -0.4 is 5.32 Å². The summed E-state index contributed by atoms with van der Waals surface area (Å²) < 4.78 is 20.3. The zero-order valence-corrected chi connectivity index (χ0v) is 20.7. The van der Waals surface area contributed by atoms with Gasteiger partial charge in [-0.25, -0.2) is 4.39 Å². The van der Waals surface area contributed by atoms with Gasteiger partial charge in [0.05, 0.1) is 18.4 Å². The van der Waals surface area contributed by atoms with E-state index in [1.807, 2.05) is 29.0 Å². The highest BCUT2D eigenvalue weighted by atomic mass is 19.1. The first-order chi connectivity index (χ1) is 18.0. The number of rotatable bonds is 7. The number of nitrogens with zero attached hydrogens (tertiary/aromatic N) is 3. The van der Waals surface area contributed by atoms with Gasteiger partial charge >= 0.3 is 5.97 Å². The smallest absolute Gasteiger partial charge is 0.325 e. The third kappa shape index (κ3) is 5.70. The molecule has 2 aromatic heterocycles. The van der Waals surface area contributed by atoms with Crippen molar-refractivity contribution < 1.29 is 18.7 Å². The molecule has 0 bridgehead atoms. The fraction of sp³-hybridized carbons (Fsp3) is 0.276. The molecule has 0 radical (unpaired) electrons. The van der Waals surface area contributed by atoms with Crippen LogP contribution in [0.2, 0.25) is 0 Å². The first-order valence-electron chi connectivity index (χ1n) is 12.4. The average molecular weight is 501 g/mol. The van der Waals surface area contributed by atoms with Crippen LogP contribution in [0.1, 0.15) is 28.8 Å². The Hall–Kier alpha value is -4.04. The summed E-state index contributed by atoms with van der Waals surface area (Å²) in [6.07, 6.45) is 5.27. The van der Waals surface area contributed by atoms with E-state index in [2.05, 4.69) is 21.3 Å². The molecule has 1 aliphatic rings. The number of fused-ring (bicyclic) bond motifs is 1. The van der Waals surface area contributed by atoms with Crippen molar-refractivity contribution in [2.24, 2.45) is 0 Å². The summed E-state index contributed by atoms with van der Waals surface area (Å²) in [5, 5.41) is 4.26. The van der Waals surface area contributed by atoms with E-state index in [1.54, 1.807) is 24.3 Å². The van der Waals surface area contributed by atoms with Gasteiger partial charge in [-0.1, -0.05) is 30.3 Å². The average Bonchev–Trinajstić information content (AvgIpc) is 3.26. The van der Waals surface area contributed by atoms with E-state index in [0.717, 1.165) is 43.4 Å². The number of carbonyl (C=O) groups is 2. The van der Waals surface area contributed by atoms with Gasteiger partial charge in [-0.3, -0.25) is 19.5 Å². The molecule has 8 heteroatoms. The zero-order chi connectivity index (χ0) is 25.8. The Morgan fingerprint density at radius 3 is 2.62 bits per heavy atom. The second-order valence-electron chi connectivity index (χ2n) is 9.34. The second kappa shape index (κ2) is 10.9. The Morgan fingerprint density at radius 1 is 1.08 bits per heavy atom. The number of carbonyl (C=O) groups excluding carboxylic acids is 2. The van der Waals surface area contributed by atoms with E-state index in [9.17, 15) is 14.0 Å². The summed E-state index contributed by atoms with van der Waals surface area (Å²) in [4.78, 5) is 31.3. The SMILES string of the molecule is COC(=O)Cn1cc(CN2CCC(NC(=O)c3ccc(-c4cccc(F)c4)nc3)CC2)c2ccccc21. The van der Waals surface area contributed by atoms with Gasteiger partial charge in [-0.2, -0.15) is 0 Å². The first kappa shape index (κ1) is 24.6. The van der Waals surface area contributed by atoms with Crippen LogP contribution >= 0.6 is 0 Å². The summed E-state index contributed by atoms with van der Waals surface area (Å²) >= 11 is 0. The van der Waals surface area contributed by atoms with Crippen LogP contribution in [0.15, 0.2) is 73.1 Å². The van der Waals surface area contributed by atoms with E-state index in [4.69, 9.17) is 4.74 Å². The molecule has 1 N–H and O–H groups in total. The molecule has 0 atom stereocenters. The lowest BCUT2D eigenvalue weighted by molar-refractivity contribution is -0.141. The van der Waals surface area contributed by atoms with E-state index < -0.39 is 0 Å². The van der Waals surface area contributed by atoms with Gasteiger partial charge in [0.1, 0.15) is 12.4 Å². The molecular formula is C29H29FN4O3. The largest absolute Gasteiger partial charge is 0.468 e. The van der Waals surface area contributed by atoms with Crippen molar-refractivity contribution in [1.82, 2.24) is 19.8 Å².